The van der Waals surface area contributed by atoms with E-state index in [0.29, 0.717) is 12.2 Å². The van der Waals surface area contributed by atoms with Crippen molar-refractivity contribution in [3.8, 4) is 11.5 Å². The van der Waals surface area contributed by atoms with Crippen LogP contribution in [0.4, 0.5) is 0 Å². The number of nitrogens with zero attached hydrogens (tertiary/aromatic N) is 1. The maximum atomic E-state index is 11.0. The van der Waals surface area contributed by atoms with E-state index in [9.17, 15) is 4.79 Å². The molecule has 0 saturated heterocycles. The predicted molar refractivity (Wildman–Crippen MR) is 68.5 cm³/mol. The first-order valence-electron chi connectivity index (χ1n) is 5.75. The van der Waals surface area contributed by atoms with Crippen LogP contribution in [0.3, 0.4) is 0 Å². The van der Waals surface area contributed by atoms with Crippen molar-refractivity contribution >= 4 is 5.97 Å². The second-order valence-corrected chi connectivity index (χ2v) is 3.90. The third-order valence-electron chi connectivity index (χ3n) is 2.57. The number of aliphatic hydroxyl groups is 1. The summed E-state index contributed by atoms with van der Waals surface area (Å²) in [4.78, 5) is 14.9. The minimum Gasteiger partial charge on any atom is -0.478 e. The lowest BCUT2D eigenvalue weighted by Gasteiger charge is -2.08. The van der Waals surface area contributed by atoms with Crippen molar-refractivity contribution in [3.05, 3.63) is 53.9 Å². The number of rotatable bonds is 5. The van der Waals surface area contributed by atoms with Crippen LogP contribution in [0.15, 0.2) is 42.7 Å². The lowest BCUT2D eigenvalue weighted by molar-refractivity contribution is 0.0694. The van der Waals surface area contributed by atoms with Gasteiger partial charge in [-0.2, -0.15) is 0 Å². The van der Waals surface area contributed by atoms with Crippen LogP contribution in [-0.2, 0) is 6.42 Å². The molecule has 1 aromatic heterocycles. The largest absolute Gasteiger partial charge is 0.478 e. The fourth-order valence-electron chi connectivity index (χ4n) is 1.62. The number of aliphatic hydroxyl groups excluding tert-OH is 1. The number of aromatic nitrogens is 1. The van der Waals surface area contributed by atoms with Gasteiger partial charge in [-0.05, 0) is 30.2 Å². The molecule has 2 N–H and O–H groups in total. The van der Waals surface area contributed by atoms with E-state index in [1.807, 2.05) is 12.1 Å². The number of hydrogen-bond donors (Lipinski definition) is 2. The zero-order valence-electron chi connectivity index (χ0n) is 10.1. The maximum Gasteiger partial charge on any atom is 0.339 e. The highest BCUT2D eigenvalue weighted by atomic mass is 16.5. The molecule has 2 aromatic rings. The maximum absolute atomic E-state index is 11.0. The molecule has 0 spiro atoms. The average Bonchev–Trinajstić information content (AvgIpc) is 2.42. The molecule has 0 aliphatic heterocycles. The smallest absolute Gasteiger partial charge is 0.339 e. The van der Waals surface area contributed by atoms with Crippen LogP contribution >= 0.6 is 0 Å². The highest BCUT2D eigenvalue weighted by Crippen LogP contribution is 2.24. The van der Waals surface area contributed by atoms with Crippen LogP contribution in [0.1, 0.15) is 15.9 Å². The second-order valence-electron chi connectivity index (χ2n) is 3.90. The molecule has 5 nitrogen and oxygen atoms in total. The molecule has 5 heteroatoms. The molecule has 0 fully saturated rings. The number of carboxylic acid groups (broad SMARTS) is 1. The quantitative estimate of drug-likeness (QED) is 0.859. The van der Waals surface area contributed by atoms with Crippen LogP contribution in [0.2, 0.25) is 0 Å². The van der Waals surface area contributed by atoms with Crippen molar-refractivity contribution in [1.82, 2.24) is 4.98 Å². The Morgan fingerprint density at radius 1 is 1.21 bits per heavy atom. The predicted octanol–water partition coefficient (Wildman–Crippen LogP) is 2.11. The minimum absolute atomic E-state index is 0.0643. The molecule has 98 valence electrons. The summed E-state index contributed by atoms with van der Waals surface area (Å²) in [6.45, 7) is 0.0893. The van der Waals surface area contributed by atoms with Gasteiger partial charge in [-0.25, -0.2) is 4.79 Å². The van der Waals surface area contributed by atoms with E-state index in [1.54, 1.807) is 12.1 Å². The van der Waals surface area contributed by atoms with Crippen LogP contribution in [0.25, 0.3) is 0 Å². The minimum atomic E-state index is -1.06. The van der Waals surface area contributed by atoms with Gasteiger partial charge in [0, 0.05) is 12.8 Å². The number of ether oxygens (including phenoxy) is 1. The van der Waals surface area contributed by atoms with Crippen LogP contribution in [-0.4, -0.2) is 27.8 Å². The van der Waals surface area contributed by atoms with Gasteiger partial charge in [0.25, 0.3) is 0 Å². The Bertz CT molecular complexity index is 566. The Morgan fingerprint density at radius 2 is 1.95 bits per heavy atom. The highest BCUT2D eigenvalue weighted by molar-refractivity contribution is 5.90. The van der Waals surface area contributed by atoms with E-state index in [4.69, 9.17) is 14.9 Å². The Hall–Kier alpha value is -2.40. The van der Waals surface area contributed by atoms with Gasteiger partial charge in [0.15, 0.2) is 5.75 Å². The molecule has 0 aliphatic carbocycles. The molecule has 0 bridgehead atoms. The fraction of sp³-hybridized carbons (Fsp3) is 0.143. The van der Waals surface area contributed by atoms with Crippen molar-refractivity contribution in [2.45, 2.75) is 6.42 Å². The third-order valence-corrected chi connectivity index (χ3v) is 2.57. The number of pyridine rings is 1. The first-order chi connectivity index (χ1) is 9.20. The molecule has 2 rings (SSSR count). The normalized spacial score (nSPS) is 10.2. The summed E-state index contributed by atoms with van der Waals surface area (Å²) < 4.78 is 5.50. The van der Waals surface area contributed by atoms with Gasteiger partial charge in [0.05, 0.1) is 6.20 Å². The Morgan fingerprint density at radius 3 is 2.58 bits per heavy atom. The van der Waals surface area contributed by atoms with E-state index < -0.39 is 5.97 Å². The first kappa shape index (κ1) is 13.0. The Labute approximate surface area is 110 Å². The number of carboxylic acids is 1. The molecule has 0 unspecified atom stereocenters. The summed E-state index contributed by atoms with van der Waals surface area (Å²) in [7, 11) is 0. The van der Waals surface area contributed by atoms with Crippen molar-refractivity contribution in [2.75, 3.05) is 6.61 Å². The number of aromatic carboxylic acids is 1. The number of carbonyl (C=O) groups is 1. The number of benzene rings is 1. The molecular weight excluding hydrogens is 246 g/mol. The summed E-state index contributed by atoms with van der Waals surface area (Å²) in [5.74, 6) is -0.337. The topological polar surface area (TPSA) is 79.7 Å². The molecule has 0 saturated carbocycles. The third kappa shape index (κ3) is 3.29. The van der Waals surface area contributed by atoms with Gasteiger partial charge in [0.2, 0.25) is 0 Å². The van der Waals surface area contributed by atoms with Gasteiger partial charge < -0.3 is 14.9 Å². The lowest BCUT2D eigenvalue weighted by atomic mass is 10.1. The summed E-state index contributed by atoms with van der Waals surface area (Å²) >= 11 is 0. The van der Waals surface area contributed by atoms with Gasteiger partial charge >= 0.3 is 5.97 Å². The Kier molecular flexibility index (Phi) is 4.10. The van der Waals surface area contributed by atoms with E-state index >= 15 is 0 Å². The SMILES string of the molecule is O=C(O)c1ccncc1Oc1ccc(CCO)cc1. The molecule has 0 radical (unpaired) electrons. The van der Waals surface area contributed by atoms with E-state index in [1.165, 1.54) is 18.5 Å². The van der Waals surface area contributed by atoms with Gasteiger partial charge in [-0.15, -0.1) is 0 Å². The molecule has 0 amide bonds. The van der Waals surface area contributed by atoms with Gasteiger partial charge in [-0.1, -0.05) is 12.1 Å². The van der Waals surface area contributed by atoms with Crippen molar-refractivity contribution in [3.63, 3.8) is 0 Å². The zero-order valence-corrected chi connectivity index (χ0v) is 10.1. The highest BCUT2D eigenvalue weighted by Gasteiger charge is 2.11. The monoisotopic (exact) mass is 259 g/mol. The summed E-state index contributed by atoms with van der Waals surface area (Å²) in [6.07, 6.45) is 3.35. The molecular formula is C14H13NO4. The molecule has 0 aliphatic rings. The van der Waals surface area contributed by atoms with Crippen molar-refractivity contribution < 1.29 is 19.7 Å². The van der Waals surface area contributed by atoms with Crippen LogP contribution in [0, 0.1) is 0 Å². The fourth-order valence-corrected chi connectivity index (χ4v) is 1.62. The van der Waals surface area contributed by atoms with Gasteiger partial charge in [0.1, 0.15) is 11.3 Å². The summed E-state index contributed by atoms with van der Waals surface area (Å²) in [5, 5.41) is 17.8. The molecule has 19 heavy (non-hydrogen) atoms. The van der Waals surface area contributed by atoms with E-state index in [-0.39, 0.29) is 17.9 Å². The zero-order chi connectivity index (χ0) is 13.7. The van der Waals surface area contributed by atoms with Gasteiger partial charge in [-0.3, -0.25) is 4.98 Å². The molecule has 1 aromatic carbocycles. The Balaban J connectivity index is 2.19. The van der Waals surface area contributed by atoms with Crippen molar-refractivity contribution in [1.29, 1.82) is 0 Å². The lowest BCUT2D eigenvalue weighted by Crippen LogP contribution is -2.00. The first-order valence-corrected chi connectivity index (χ1v) is 5.75. The second kappa shape index (κ2) is 5.97. The summed E-state index contributed by atoms with van der Waals surface area (Å²) in [6, 6.07) is 8.48. The van der Waals surface area contributed by atoms with Crippen LogP contribution in [0.5, 0.6) is 11.5 Å². The van der Waals surface area contributed by atoms with Crippen molar-refractivity contribution in [2.24, 2.45) is 0 Å². The van der Waals surface area contributed by atoms with E-state index in [2.05, 4.69) is 4.98 Å². The average molecular weight is 259 g/mol. The van der Waals surface area contributed by atoms with E-state index in [0.717, 1.165) is 5.56 Å². The summed E-state index contributed by atoms with van der Waals surface area (Å²) in [5.41, 5.74) is 1.05. The van der Waals surface area contributed by atoms with Crippen LogP contribution < -0.4 is 4.74 Å². The number of hydrogen-bond acceptors (Lipinski definition) is 4. The standard InChI is InChI=1S/C14H13NO4/c16-8-6-10-1-3-11(4-2-10)19-13-9-15-7-5-12(13)14(17)18/h1-5,7,9,16H,6,8H2,(H,17,18). The molecule has 0 atom stereocenters. The molecule has 1 heterocycles.